The van der Waals surface area contributed by atoms with Gasteiger partial charge >= 0.3 is 0 Å². The molecule has 0 fully saturated rings. The number of rotatable bonds is 6. The first kappa shape index (κ1) is 19.5. The maximum absolute atomic E-state index is 13.9. The molecular formula is C19H18F2N4O3. The summed E-state index contributed by atoms with van der Waals surface area (Å²) in [4.78, 5) is 42.7. The van der Waals surface area contributed by atoms with E-state index in [4.69, 9.17) is 0 Å². The monoisotopic (exact) mass is 388 g/mol. The molecule has 1 aromatic heterocycles. The fourth-order valence-electron chi connectivity index (χ4n) is 2.97. The zero-order valence-electron chi connectivity index (χ0n) is 15.3. The van der Waals surface area contributed by atoms with Crippen molar-refractivity contribution in [3.63, 3.8) is 0 Å². The molecule has 0 saturated carbocycles. The second-order valence-electron chi connectivity index (χ2n) is 6.50. The Morgan fingerprint density at radius 2 is 2.07 bits per heavy atom. The third kappa shape index (κ3) is 3.73. The van der Waals surface area contributed by atoms with E-state index in [1.165, 1.54) is 38.2 Å². The van der Waals surface area contributed by atoms with Crippen LogP contribution >= 0.6 is 0 Å². The van der Waals surface area contributed by atoms with Gasteiger partial charge in [-0.3, -0.25) is 14.4 Å². The highest BCUT2D eigenvalue weighted by Gasteiger charge is 2.40. The number of hydrogen-bond acceptors (Lipinski definition) is 5. The Kier molecular flexibility index (Phi) is 5.17. The van der Waals surface area contributed by atoms with Gasteiger partial charge in [-0.2, -0.15) is 10.1 Å². The molecule has 0 spiro atoms. The van der Waals surface area contributed by atoms with Gasteiger partial charge in [0, 0.05) is 24.6 Å². The molecule has 1 aliphatic rings. The molecule has 146 valence electrons. The predicted octanol–water partition coefficient (Wildman–Crippen LogP) is 2.42. The van der Waals surface area contributed by atoms with Crippen LogP contribution in [0.25, 0.3) is 0 Å². The number of benzene rings is 1. The molecule has 7 nitrogen and oxygen atoms in total. The van der Waals surface area contributed by atoms with E-state index in [1.807, 2.05) is 0 Å². The molecule has 1 N–H and O–H groups in total. The van der Waals surface area contributed by atoms with Crippen molar-refractivity contribution in [3.8, 4) is 0 Å². The van der Waals surface area contributed by atoms with Gasteiger partial charge < -0.3 is 4.98 Å². The number of nitrogens with one attached hydrogen (secondary N) is 1. The van der Waals surface area contributed by atoms with Crippen LogP contribution < -0.4 is 10.6 Å². The lowest BCUT2D eigenvalue weighted by atomic mass is 9.93. The van der Waals surface area contributed by atoms with E-state index in [9.17, 15) is 23.2 Å². The normalized spacial score (nSPS) is 17.0. The van der Waals surface area contributed by atoms with Crippen molar-refractivity contribution in [3.05, 3.63) is 58.1 Å². The van der Waals surface area contributed by atoms with Gasteiger partial charge in [0.05, 0.1) is 11.9 Å². The summed E-state index contributed by atoms with van der Waals surface area (Å²) in [7, 11) is 0. The van der Waals surface area contributed by atoms with Crippen molar-refractivity contribution in [2.75, 3.05) is 5.01 Å². The summed E-state index contributed by atoms with van der Waals surface area (Å²) in [6.07, 6.45) is 1.70. The van der Waals surface area contributed by atoms with Crippen LogP contribution in [0.2, 0.25) is 0 Å². The Bertz CT molecular complexity index is 996. The lowest BCUT2D eigenvalue weighted by Crippen LogP contribution is -2.34. The highest BCUT2D eigenvalue weighted by atomic mass is 19.3. The second kappa shape index (κ2) is 7.41. The predicted molar refractivity (Wildman–Crippen MR) is 98.3 cm³/mol. The van der Waals surface area contributed by atoms with E-state index < -0.39 is 29.1 Å². The summed E-state index contributed by atoms with van der Waals surface area (Å²) >= 11 is 0. The lowest BCUT2D eigenvalue weighted by Gasteiger charge is -2.16. The van der Waals surface area contributed by atoms with Crippen molar-refractivity contribution < 1.29 is 18.4 Å². The number of Topliss-reactive ketones (excluding diaryl/α,β-unsaturated/α-hetero) is 1. The van der Waals surface area contributed by atoms with E-state index in [2.05, 4.69) is 15.1 Å². The third-order valence-electron chi connectivity index (χ3n) is 4.50. The first-order valence-corrected chi connectivity index (χ1v) is 8.66. The van der Waals surface area contributed by atoms with Crippen LogP contribution in [0.15, 0.2) is 46.6 Å². The van der Waals surface area contributed by atoms with Crippen LogP contribution in [-0.4, -0.2) is 27.4 Å². The van der Waals surface area contributed by atoms with E-state index in [0.29, 0.717) is 5.56 Å². The minimum Gasteiger partial charge on any atom is -0.324 e. The first-order valence-electron chi connectivity index (χ1n) is 8.66. The summed E-state index contributed by atoms with van der Waals surface area (Å²) in [5.74, 6) is -5.06. The number of alkyl halides is 2. The standard InChI is InChI=1S/C19H18F2N4O3/c1-3-19(20,21)13-6-4-5-12(7-13)8-14(26)17-11(2)24-25(18(17)28)15-9-23-16(27)10-22-15/h4-7,9-10,17H,3,8H2,1-2H3,(H,23,27). The SMILES string of the molecule is CCC(F)(F)c1cccc(CC(=O)C2C(=O)N(c3c[nH]c(=O)cn3)N=C2C)c1. The molecule has 2 heterocycles. The van der Waals surface area contributed by atoms with E-state index in [-0.39, 0.29) is 29.9 Å². The zero-order valence-corrected chi connectivity index (χ0v) is 15.3. The van der Waals surface area contributed by atoms with Crippen LogP contribution in [-0.2, 0) is 21.9 Å². The number of halogens is 2. The molecule has 28 heavy (non-hydrogen) atoms. The molecule has 9 heteroatoms. The van der Waals surface area contributed by atoms with E-state index in [0.717, 1.165) is 11.2 Å². The van der Waals surface area contributed by atoms with Crippen LogP contribution in [0.4, 0.5) is 14.6 Å². The van der Waals surface area contributed by atoms with Crippen LogP contribution in [0.1, 0.15) is 31.4 Å². The maximum Gasteiger partial charge on any atom is 0.273 e. The molecular weight excluding hydrogens is 370 g/mol. The van der Waals surface area contributed by atoms with Gasteiger partial charge in [0.1, 0.15) is 5.92 Å². The quantitative estimate of drug-likeness (QED) is 0.769. The molecule has 0 saturated heterocycles. The summed E-state index contributed by atoms with van der Waals surface area (Å²) in [6, 6.07) is 5.64. The van der Waals surface area contributed by atoms with Gasteiger partial charge in [-0.15, -0.1) is 0 Å². The van der Waals surface area contributed by atoms with Gasteiger partial charge in [0.2, 0.25) is 0 Å². The fraction of sp³-hybridized carbons (Fsp3) is 0.316. The highest BCUT2D eigenvalue weighted by Crippen LogP contribution is 2.32. The van der Waals surface area contributed by atoms with Gasteiger partial charge in [-0.05, 0) is 18.6 Å². The first-order chi connectivity index (χ1) is 13.2. The smallest absolute Gasteiger partial charge is 0.273 e. The molecule has 0 bridgehead atoms. The minimum absolute atomic E-state index is 0.0869. The molecule has 1 aromatic carbocycles. The molecule has 0 radical (unpaired) electrons. The van der Waals surface area contributed by atoms with Gasteiger partial charge in [-0.25, -0.2) is 13.8 Å². The molecule has 1 aliphatic heterocycles. The van der Waals surface area contributed by atoms with Crippen molar-refractivity contribution in [1.82, 2.24) is 9.97 Å². The summed E-state index contributed by atoms with van der Waals surface area (Å²) < 4.78 is 27.8. The number of ketones is 1. The van der Waals surface area contributed by atoms with Crippen LogP contribution in [0, 0.1) is 5.92 Å². The Labute approximate surface area is 159 Å². The van der Waals surface area contributed by atoms with E-state index in [1.54, 1.807) is 6.07 Å². The molecule has 0 aliphatic carbocycles. The number of aromatic nitrogens is 2. The largest absolute Gasteiger partial charge is 0.324 e. The number of nitrogens with zero attached hydrogens (tertiary/aromatic N) is 3. The Morgan fingerprint density at radius 3 is 2.71 bits per heavy atom. The zero-order chi connectivity index (χ0) is 20.5. The minimum atomic E-state index is -2.98. The third-order valence-corrected chi connectivity index (χ3v) is 4.50. The Hall–Kier alpha value is -3.23. The molecule has 2 aromatic rings. The topological polar surface area (TPSA) is 95.5 Å². The molecule has 1 unspecified atom stereocenters. The molecule has 1 amide bonds. The number of amides is 1. The highest BCUT2D eigenvalue weighted by molar-refractivity contribution is 6.27. The number of H-pyrrole nitrogens is 1. The number of anilines is 1. The van der Waals surface area contributed by atoms with Gasteiger partial charge in [0.15, 0.2) is 11.6 Å². The fourth-order valence-corrected chi connectivity index (χ4v) is 2.97. The number of carbonyl (C=O) groups is 2. The van der Waals surface area contributed by atoms with Gasteiger partial charge in [0.25, 0.3) is 17.4 Å². The van der Waals surface area contributed by atoms with Crippen molar-refractivity contribution in [2.24, 2.45) is 11.0 Å². The Balaban J connectivity index is 1.79. The van der Waals surface area contributed by atoms with Crippen LogP contribution in [0.3, 0.4) is 0 Å². The van der Waals surface area contributed by atoms with Gasteiger partial charge in [-0.1, -0.05) is 25.1 Å². The van der Waals surface area contributed by atoms with Crippen molar-refractivity contribution in [2.45, 2.75) is 32.6 Å². The number of carbonyl (C=O) groups excluding carboxylic acids is 2. The molecule has 3 rings (SSSR count). The average Bonchev–Trinajstić information content (AvgIpc) is 2.97. The summed E-state index contributed by atoms with van der Waals surface area (Å²) in [5.41, 5.74) is 0.0740. The maximum atomic E-state index is 13.9. The summed E-state index contributed by atoms with van der Waals surface area (Å²) in [6.45, 7) is 2.92. The lowest BCUT2D eigenvalue weighted by molar-refractivity contribution is -0.128. The number of hydrazone groups is 1. The average molecular weight is 388 g/mol. The number of aromatic amines is 1. The second-order valence-corrected chi connectivity index (χ2v) is 6.50. The molecule has 1 atom stereocenters. The summed E-state index contributed by atoms with van der Waals surface area (Å²) in [5, 5.41) is 5.01. The van der Waals surface area contributed by atoms with Crippen molar-refractivity contribution in [1.29, 1.82) is 0 Å². The number of hydrogen-bond donors (Lipinski definition) is 1. The Morgan fingerprint density at radius 1 is 1.32 bits per heavy atom. The van der Waals surface area contributed by atoms with E-state index >= 15 is 0 Å². The van der Waals surface area contributed by atoms with Crippen molar-refractivity contribution >= 4 is 23.2 Å². The van der Waals surface area contributed by atoms with Crippen LogP contribution in [0.5, 0.6) is 0 Å².